The van der Waals surface area contributed by atoms with E-state index in [2.05, 4.69) is 18.0 Å². The van der Waals surface area contributed by atoms with Crippen LogP contribution in [-0.4, -0.2) is 11.1 Å². The SMILES string of the molecule is Cc1cc(O[C@H]2CC[C@H](C)CC2)cnc1C#N. The number of aryl methyl sites for hydroxylation is 1. The maximum Gasteiger partial charge on any atom is 0.143 e. The molecule has 0 aromatic carbocycles. The fourth-order valence-corrected chi connectivity index (χ4v) is 2.27. The first-order chi connectivity index (χ1) is 8.19. The number of hydrogen-bond acceptors (Lipinski definition) is 3. The number of rotatable bonds is 2. The van der Waals surface area contributed by atoms with Crippen LogP contribution in [0.1, 0.15) is 43.9 Å². The van der Waals surface area contributed by atoms with Crippen molar-refractivity contribution in [3.8, 4) is 11.8 Å². The number of nitrogens with zero attached hydrogens (tertiary/aromatic N) is 2. The molecular weight excluding hydrogens is 212 g/mol. The van der Waals surface area contributed by atoms with E-state index in [-0.39, 0.29) is 0 Å². The van der Waals surface area contributed by atoms with Crippen LogP contribution < -0.4 is 4.74 Å². The van der Waals surface area contributed by atoms with E-state index >= 15 is 0 Å². The molecule has 2 rings (SSSR count). The van der Waals surface area contributed by atoms with Gasteiger partial charge in [0.15, 0.2) is 0 Å². The van der Waals surface area contributed by atoms with Crippen LogP contribution >= 0.6 is 0 Å². The minimum Gasteiger partial charge on any atom is -0.489 e. The molecule has 0 radical (unpaired) electrons. The van der Waals surface area contributed by atoms with Crippen molar-refractivity contribution >= 4 is 0 Å². The van der Waals surface area contributed by atoms with Gasteiger partial charge in [0.2, 0.25) is 0 Å². The standard InChI is InChI=1S/C14H18N2O/c1-10-3-5-12(6-4-10)17-13-7-11(2)14(8-15)16-9-13/h7,9-10,12H,3-6H2,1-2H3/t10-,12-. The van der Waals surface area contributed by atoms with Gasteiger partial charge in [-0.3, -0.25) is 0 Å². The molecule has 0 amide bonds. The van der Waals surface area contributed by atoms with Gasteiger partial charge in [0, 0.05) is 0 Å². The Morgan fingerprint density at radius 2 is 2.06 bits per heavy atom. The summed E-state index contributed by atoms with van der Waals surface area (Å²) in [4.78, 5) is 4.09. The number of pyridine rings is 1. The molecule has 1 saturated carbocycles. The van der Waals surface area contributed by atoms with E-state index < -0.39 is 0 Å². The molecule has 3 heteroatoms. The maximum atomic E-state index is 8.81. The van der Waals surface area contributed by atoms with E-state index in [1.54, 1.807) is 6.20 Å². The van der Waals surface area contributed by atoms with Gasteiger partial charge in [-0.1, -0.05) is 6.92 Å². The second kappa shape index (κ2) is 5.18. The minimum absolute atomic E-state index is 0.320. The van der Waals surface area contributed by atoms with Gasteiger partial charge in [0.1, 0.15) is 17.5 Å². The summed E-state index contributed by atoms with van der Waals surface area (Å²) < 4.78 is 5.91. The summed E-state index contributed by atoms with van der Waals surface area (Å²) in [6.07, 6.45) is 6.71. The van der Waals surface area contributed by atoms with Gasteiger partial charge in [0.25, 0.3) is 0 Å². The number of aromatic nitrogens is 1. The second-order valence-corrected chi connectivity index (χ2v) is 4.95. The molecule has 1 aromatic heterocycles. The fraction of sp³-hybridized carbons (Fsp3) is 0.571. The fourth-order valence-electron chi connectivity index (χ4n) is 2.27. The van der Waals surface area contributed by atoms with E-state index in [0.29, 0.717) is 11.8 Å². The quantitative estimate of drug-likeness (QED) is 0.783. The molecule has 1 aliphatic carbocycles. The molecule has 0 spiro atoms. The third-order valence-corrected chi connectivity index (χ3v) is 3.42. The first-order valence-electron chi connectivity index (χ1n) is 6.22. The van der Waals surface area contributed by atoms with Crippen molar-refractivity contribution in [1.29, 1.82) is 5.26 Å². The zero-order valence-corrected chi connectivity index (χ0v) is 10.4. The van der Waals surface area contributed by atoms with Crippen LogP contribution in [0.25, 0.3) is 0 Å². The Hall–Kier alpha value is -1.56. The van der Waals surface area contributed by atoms with E-state index in [4.69, 9.17) is 10.00 Å². The predicted molar refractivity (Wildman–Crippen MR) is 65.7 cm³/mol. The average Bonchev–Trinajstić information content (AvgIpc) is 2.32. The third-order valence-electron chi connectivity index (χ3n) is 3.42. The van der Waals surface area contributed by atoms with Crippen molar-refractivity contribution in [2.75, 3.05) is 0 Å². The highest BCUT2D eigenvalue weighted by molar-refractivity contribution is 5.35. The van der Waals surface area contributed by atoms with E-state index in [9.17, 15) is 0 Å². The molecule has 1 heterocycles. The van der Waals surface area contributed by atoms with Crippen molar-refractivity contribution in [1.82, 2.24) is 4.98 Å². The van der Waals surface area contributed by atoms with Gasteiger partial charge in [-0.2, -0.15) is 5.26 Å². The monoisotopic (exact) mass is 230 g/mol. The van der Waals surface area contributed by atoms with Gasteiger partial charge < -0.3 is 4.74 Å². The largest absolute Gasteiger partial charge is 0.489 e. The molecule has 1 aromatic rings. The van der Waals surface area contributed by atoms with Gasteiger partial charge in [-0.25, -0.2) is 4.98 Å². The molecule has 1 fully saturated rings. The van der Waals surface area contributed by atoms with Crippen molar-refractivity contribution in [2.45, 2.75) is 45.6 Å². The topological polar surface area (TPSA) is 45.9 Å². The van der Waals surface area contributed by atoms with Crippen LogP contribution in [0.5, 0.6) is 5.75 Å². The molecule has 0 saturated heterocycles. The highest BCUT2D eigenvalue weighted by atomic mass is 16.5. The predicted octanol–water partition coefficient (Wildman–Crippen LogP) is 3.22. The van der Waals surface area contributed by atoms with Crippen LogP contribution in [0.2, 0.25) is 0 Å². The Labute approximate surface area is 102 Å². The Morgan fingerprint density at radius 1 is 1.35 bits per heavy atom. The van der Waals surface area contributed by atoms with Crippen LogP contribution in [0.15, 0.2) is 12.3 Å². The Bertz CT molecular complexity index is 428. The number of nitriles is 1. The lowest BCUT2D eigenvalue weighted by molar-refractivity contribution is 0.135. The maximum absolute atomic E-state index is 8.81. The lowest BCUT2D eigenvalue weighted by Gasteiger charge is -2.26. The zero-order chi connectivity index (χ0) is 12.3. The van der Waals surface area contributed by atoms with E-state index in [0.717, 1.165) is 30.1 Å². The highest BCUT2D eigenvalue weighted by Crippen LogP contribution is 2.27. The molecule has 0 aliphatic heterocycles. The molecule has 3 nitrogen and oxygen atoms in total. The van der Waals surface area contributed by atoms with Crippen LogP contribution in [0.4, 0.5) is 0 Å². The third kappa shape index (κ3) is 2.97. The van der Waals surface area contributed by atoms with Crippen molar-refractivity contribution in [2.24, 2.45) is 5.92 Å². The van der Waals surface area contributed by atoms with Gasteiger partial charge in [-0.15, -0.1) is 0 Å². The van der Waals surface area contributed by atoms with Crippen LogP contribution in [0.3, 0.4) is 0 Å². The molecule has 0 N–H and O–H groups in total. The summed E-state index contributed by atoms with van der Waals surface area (Å²) >= 11 is 0. The summed E-state index contributed by atoms with van der Waals surface area (Å²) in [6.45, 7) is 4.19. The summed E-state index contributed by atoms with van der Waals surface area (Å²) in [5.41, 5.74) is 1.36. The number of hydrogen-bond donors (Lipinski definition) is 0. The second-order valence-electron chi connectivity index (χ2n) is 4.95. The van der Waals surface area contributed by atoms with E-state index in [1.807, 2.05) is 13.0 Å². The summed E-state index contributed by atoms with van der Waals surface area (Å²) in [5.74, 6) is 1.62. The first kappa shape index (κ1) is 11.9. The smallest absolute Gasteiger partial charge is 0.143 e. The van der Waals surface area contributed by atoms with Gasteiger partial charge in [0.05, 0.1) is 12.3 Å². The van der Waals surface area contributed by atoms with Crippen molar-refractivity contribution in [3.05, 3.63) is 23.5 Å². The Kier molecular flexibility index (Phi) is 3.63. The lowest BCUT2D eigenvalue weighted by atomic mass is 9.89. The van der Waals surface area contributed by atoms with Gasteiger partial charge in [-0.05, 0) is 50.2 Å². The van der Waals surface area contributed by atoms with Gasteiger partial charge >= 0.3 is 0 Å². The minimum atomic E-state index is 0.320. The van der Waals surface area contributed by atoms with E-state index in [1.165, 1.54) is 12.8 Å². The summed E-state index contributed by atoms with van der Waals surface area (Å²) in [7, 11) is 0. The molecule has 0 atom stereocenters. The number of ether oxygens (including phenoxy) is 1. The van der Waals surface area contributed by atoms with Crippen molar-refractivity contribution in [3.63, 3.8) is 0 Å². The first-order valence-corrected chi connectivity index (χ1v) is 6.22. The molecule has 17 heavy (non-hydrogen) atoms. The molecular formula is C14H18N2O. The summed E-state index contributed by atoms with van der Waals surface area (Å²) in [6, 6.07) is 3.97. The molecule has 0 bridgehead atoms. The van der Waals surface area contributed by atoms with Crippen molar-refractivity contribution < 1.29 is 4.74 Å². The lowest BCUT2D eigenvalue weighted by Crippen LogP contribution is -2.23. The normalized spacial score (nSPS) is 24.1. The zero-order valence-electron chi connectivity index (χ0n) is 10.4. The molecule has 0 unspecified atom stereocenters. The Balaban J connectivity index is 2.00. The highest BCUT2D eigenvalue weighted by Gasteiger charge is 2.19. The summed E-state index contributed by atoms with van der Waals surface area (Å²) in [5, 5.41) is 8.81. The van der Waals surface area contributed by atoms with Crippen LogP contribution in [-0.2, 0) is 0 Å². The molecule has 1 aliphatic rings. The van der Waals surface area contributed by atoms with Crippen LogP contribution in [0, 0.1) is 24.2 Å². The Morgan fingerprint density at radius 3 is 2.65 bits per heavy atom. The molecule has 90 valence electrons. The average molecular weight is 230 g/mol.